The van der Waals surface area contributed by atoms with Crippen molar-refractivity contribution in [2.45, 2.75) is 33.2 Å². The Bertz CT molecular complexity index is 347. The van der Waals surface area contributed by atoms with Crippen LogP contribution in [0.5, 0.6) is 11.5 Å². The largest absolute Gasteiger partial charge is 0.508 e. The lowest BCUT2D eigenvalue weighted by Gasteiger charge is -2.03. The molecule has 1 atom stereocenters. The summed E-state index contributed by atoms with van der Waals surface area (Å²) in [6.07, 6.45) is 2.41. The first-order valence-corrected chi connectivity index (χ1v) is 5.11. The van der Waals surface area contributed by atoms with Gasteiger partial charge in [-0.05, 0) is 31.9 Å². The molecule has 0 radical (unpaired) electrons. The van der Waals surface area contributed by atoms with E-state index in [0.717, 1.165) is 12.0 Å². The van der Waals surface area contributed by atoms with Gasteiger partial charge in [-0.2, -0.15) is 0 Å². The molecule has 1 aromatic carbocycles. The molecule has 0 saturated carbocycles. The van der Waals surface area contributed by atoms with Gasteiger partial charge in [-0.1, -0.05) is 13.0 Å². The monoisotopic (exact) mass is 207 g/mol. The van der Waals surface area contributed by atoms with E-state index in [9.17, 15) is 5.11 Å². The van der Waals surface area contributed by atoms with Gasteiger partial charge < -0.3 is 9.84 Å². The zero-order valence-electron chi connectivity index (χ0n) is 9.40. The molecule has 0 aromatic heterocycles. The van der Waals surface area contributed by atoms with Gasteiger partial charge in [-0.25, -0.2) is 0 Å². The average molecular weight is 207 g/mol. The van der Waals surface area contributed by atoms with E-state index in [4.69, 9.17) is 4.74 Å². The van der Waals surface area contributed by atoms with E-state index in [1.807, 2.05) is 19.9 Å². The summed E-state index contributed by atoms with van der Waals surface area (Å²) in [4.78, 5) is 4.16. The van der Waals surface area contributed by atoms with E-state index in [1.54, 1.807) is 12.1 Å². The van der Waals surface area contributed by atoms with Crippen LogP contribution >= 0.6 is 0 Å². The number of phenols is 1. The Hall–Kier alpha value is -1.51. The Kier molecular flexibility index (Phi) is 4.16. The smallest absolute Gasteiger partial charge is 0.176 e. The quantitative estimate of drug-likeness (QED) is 0.609. The second-order valence-electron chi connectivity index (χ2n) is 3.58. The summed E-state index contributed by atoms with van der Waals surface area (Å²) in [6.45, 7) is 5.93. The predicted molar refractivity (Wildman–Crippen MR) is 61.7 cm³/mol. The van der Waals surface area contributed by atoms with Gasteiger partial charge in [0.25, 0.3) is 0 Å². The Morgan fingerprint density at radius 3 is 2.87 bits per heavy atom. The summed E-state index contributed by atoms with van der Waals surface area (Å²) in [6, 6.07) is 5.46. The van der Waals surface area contributed by atoms with E-state index < -0.39 is 0 Å². The second-order valence-corrected chi connectivity index (χ2v) is 3.58. The second kappa shape index (κ2) is 5.39. The molecule has 0 saturated heterocycles. The third-order valence-corrected chi connectivity index (χ3v) is 2.28. The van der Waals surface area contributed by atoms with E-state index in [0.29, 0.717) is 5.75 Å². The lowest BCUT2D eigenvalue weighted by atomic mass is 10.2. The molecular formula is C12H17NO2. The van der Waals surface area contributed by atoms with Crippen LogP contribution in [0.4, 0.5) is 0 Å². The van der Waals surface area contributed by atoms with Crippen molar-refractivity contribution in [3.63, 3.8) is 0 Å². The van der Waals surface area contributed by atoms with Gasteiger partial charge in [0.15, 0.2) is 6.40 Å². The number of nitrogens with zero attached hydrogens (tertiary/aromatic N) is 1. The first-order valence-electron chi connectivity index (χ1n) is 5.11. The Labute approximate surface area is 90.4 Å². The van der Waals surface area contributed by atoms with Crippen molar-refractivity contribution in [3.05, 3.63) is 23.8 Å². The lowest BCUT2D eigenvalue weighted by Crippen LogP contribution is -1.98. The summed E-state index contributed by atoms with van der Waals surface area (Å²) < 4.78 is 5.26. The molecule has 0 aliphatic carbocycles. The number of benzene rings is 1. The molecule has 0 aliphatic heterocycles. The zero-order valence-corrected chi connectivity index (χ0v) is 9.40. The molecule has 1 unspecified atom stereocenters. The van der Waals surface area contributed by atoms with E-state index in [2.05, 4.69) is 11.9 Å². The fraction of sp³-hybridized carbons (Fsp3) is 0.417. The molecule has 0 heterocycles. The molecular weight excluding hydrogens is 190 g/mol. The van der Waals surface area contributed by atoms with Crippen molar-refractivity contribution in [1.29, 1.82) is 0 Å². The van der Waals surface area contributed by atoms with Crippen molar-refractivity contribution in [2.75, 3.05) is 0 Å². The van der Waals surface area contributed by atoms with Gasteiger partial charge in [-0.15, -0.1) is 0 Å². The SMILES string of the molecule is CCC(C)N=COc1ccc(C)c(O)c1. The minimum Gasteiger partial charge on any atom is -0.508 e. The molecule has 0 amide bonds. The first kappa shape index (κ1) is 11.6. The average Bonchev–Trinajstić information content (AvgIpc) is 2.23. The maximum absolute atomic E-state index is 9.43. The standard InChI is InChI=1S/C12H17NO2/c1-4-10(3)13-8-15-11-6-5-9(2)12(14)7-11/h5-8,10,14H,4H2,1-3H3. The van der Waals surface area contributed by atoms with Crippen molar-refractivity contribution in [1.82, 2.24) is 0 Å². The fourth-order valence-electron chi connectivity index (χ4n) is 0.963. The number of aryl methyl sites for hydroxylation is 1. The van der Waals surface area contributed by atoms with Crippen LogP contribution < -0.4 is 4.74 Å². The van der Waals surface area contributed by atoms with Gasteiger partial charge in [0, 0.05) is 6.07 Å². The number of rotatable bonds is 4. The van der Waals surface area contributed by atoms with E-state index in [-0.39, 0.29) is 11.8 Å². The molecule has 0 aliphatic rings. The summed E-state index contributed by atoms with van der Waals surface area (Å²) >= 11 is 0. The molecule has 3 heteroatoms. The molecule has 15 heavy (non-hydrogen) atoms. The summed E-state index contributed by atoms with van der Waals surface area (Å²) in [5, 5.41) is 9.43. The molecule has 3 nitrogen and oxygen atoms in total. The van der Waals surface area contributed by atoms with Gasteiger partial charge in [0.2, 0.25) is 0 Å². The van der Waals surface area contributed by atoms with Gasteiger partial charge in [-0.3, -0.25) is 4.99 Å². The van der Waals surface area contributed by atoms with E-state index >= 15 is 0 Å². The van der Waals surface area contributed by atoms with Crippen LogP contribution in [0.3, 0.4) is 0 Å². The number of aliphatic imine (C=N–C) groups is 1. The van der Waals surface area contributed by atoms with Crippen molar-refractivity contribution in [3.8, 4) is 11.5 Å². The fourth-order valence-corrected chi connectivity index (χ4v) is 0.963. The van der Waals surface area contributed by atoms with Crippen LogP contribution in [0.15, 0.2) is 23.2 Å². The number of hydrogen-bond acceptors (Lipinski definition) is 3. The molecule has 1 aromatic rings. The molecule has 1 N–H and O–H groups in total. The zero-order chi connectivity index (χ0) is 11.3. The molecule has 82 valence electrons. The number of phenolic OH excluding ortho intramolecular Hbond substituents is 1. The van der Waals surface area contributed by atoms with Crippen LogP contribution in [0, 0.1) is 6.92 Å². The number of hydrogen-bond donors (Lipinski definition) is 1. The highest BCUT2D eigenvalue weighted by Gasteiger charge is 1.98. The van der Waals surface area contributed by atoms with Gasteiger partial charge in [0.1, 0.15) is 11.5 Å². The highest BCUT2D eigenvalue weighted by atomic mass is 16.5. The molecule has 1 rings (SSSR count). The third kappa shape index (κ3) is 3.62. The molecule has 0 spiro atoms. The van der Waals surface area contributed by atoms with Crippen LogP contribution in [0.2, 0.25) is 0 Å². The summed E-state index contributed by atoms with van der Waals surface area (Å²) in [5.74, 6) is 0.842. The highest BCUT2D eigenvalue weighted by Crippen LogP contribution is 2.22. The Balaban J connectivity index is 2.58. The van der Waals surface area contributed by atoms with Crippen molar-refractivity contribution in [2.24, 2.45) is 4.99 Å². The maximum Gasteiger partial charge on any atom is 0.176 e. The molecule has 0 fully saturated rings. The molecule has 0 bridgehead atoms. The van der Waals surface area contributed by atoms with Crippen LogP contribution in [-0.2, 0) is 0 Å². The van der Waals surface area contributed by atoms with Crippen LogP contribution in [0.1, 0.15) is 25.8 Å². The minimum absolute atomic E-state index is 0.240. The Morgan fingerprint density at radius 1 is 1.53 bits per heavy atom. The lowest BCUT2D eigenvalue weighted by molar-refractivity contribution is 0.465. The topological polar surface area (TPSA) is 41.8 Å². The summed E-state index contributed by atoms with van der Waals surface area (Å²) in [7, 11) is 0. The first-order chi connectivity index (χ1) is 7.13. The third-order valence-electron chi connectivity index (χ3n) is 2.28. The minimum atomic E-state index is 0.240. The van der Waals surface area contributed by atoms with E-state index in [1.165, 1.54) is 6.40 Å². The highest BCUT2D eigenvalue weighted by molar-refractivity contribution is 5.53. The van der Waals surface area contributed by atoms with Crippen LogP contribution in [-0.4, -0.2) is 17.5 Å². The number of aromatic hydroxyl groups is 1. The van der Waals surface area contributed by atoms with Crippen molar-refractivity contribution < 1.29 is 9.84 Å². The van der Waals surface area contributed by atoms with Gasteiger partial charge >= 0.3 is 0 Å². The predicted octanol–water partition coefficient (Wildman–Crippen LogP) is 2.91. The maximum atomic E-state index is 9.43. The Morgan fingerprint density at radius 2 is 2.27 bits per heavy atom. The number of ether oxygens (including phenoxy) is 1. The normalized spacial score (nSPS) is 13.0. The van der Waals surface area contributed by atoms with Crippen molar-refractivity contribution >= 4 is 6.40 Å². The summed E-state index contributed by atoms with van der Waals surface area (Å²) in [5.41, 5.74) is 0.834. The van der Waals surface area contributed by atoms with Gasteiger partial charge in [0.05, 0.1) is 6.04 Å². The van der Waals surface area contributed by atoms with Crippen LogP contribution in [0.25, 0.3) is 0 Å².